The lowest BCUT2D eigenvalue weighted by molar-refractivity contribution is -0.136. The molecule has 0 unspecified atom stereocenters. The van der Waals surface area contributed by atoms with Crippen molar-refractivity contribution in [2.45, 2.75) is 17.5 Å². The lowest BCUT2D eigenvalue weighted by Crippen LogP contribution is -2.50. The predicted molar refractivity (Wildman–Crippen MR) is 119 cm³/mol. The molecule has 9 heteroatoms. The monoisotopic (exact) mass is 453 g/mol. The first-order chi connectivity index (χ1) is 15.5. The van der Waals surface area contributed by atoms with Crippen molar-refractivity contribution in [3.63, 3.8) is 0 Å². The Morgan fingerprint density at radius 2 is 2.03 bits per heavy atom. The third kappa shape index (κ3) is 4.43. The minimum atomic E-state index is -0.612. The van der Waals surface area contributed by atoms with E-state index in [-0.39, 0.29) is 25.6 Å². The van der Waals surface area contributed by atoms with Crippen LogP contribution in [-0.2, 0) is 20.9 Å². The van der Waals surface area contributed by atoms with Gasteiger partial charge in [-0.3, -0.25) is 9.69 Å². The van der Waals surface area contributed by atoms with Gasteiger partial charge in [0.05, 0.1) is 24.4 Å². The molecule has 2 aliphatic heterocycles. The standard InChI is InChI=1S/C23H23N3O5S/c1-30-16-5-3-4-14(10-16)11-24-19(27)12-26-18-13-31-22(28)20(18)21(25-23(26)29)15-6-8-17(32-2)9-7-15/h3-10,21H,11-13H2,1-2H3,(H,24,27)(H,25,29)/t21-/m1/s1. The van der Waals surface area contributed by atoms with Crippen LogP contribution in [0.15, 0.2) is 64.7 Å². The molecule has 0 saturated carbocycles. The summed E-state index contributed by atoms with van der Waals surface area (Å²) in [7, 11) is 1.58. The van der Waals surface area contributed by atoms with Crippen LogP contribution in [0.4, 0.5) is 4.79 Å². The second-order valence-electron chi connectivity index (χ2n) is 7.31. The van der Waals surface area contributed by atoms with Crippen molar-refractivity contribution in [2.24, 2.45) is 0 Å². The maximum absolute atomic E-state index is 12.9. The molecule has 32 heavy (non-hydrogen) atoms. The fourth-order valence-electron chi connectivity index (χ4n) is 3.71. The predicted octanol–water partition coefficient (Wildman–Crippen LogP) is 2.61. The third-order valence-electron chi connectivity index (χ3n) is 5.37. The molecule has 0 saturated heterocycles. The van der Waals surface area contributed by atoms with E-state index in [9.17, 15) is 14.4 Å². The Bertz CT molecular complexity index is 1080. The van der Waals surface area contributed by atoms with Gasteiger partial charge < -0.3 is 20.1 Å². The number of carbonyl (C=O) groups excluding carboxylic acids is 3. The number of benzene rings is 2. The van der Waals surface area contributed by atoms with Crippen molar-refractivity contribution >= 4 is 29.7 Å². The summed E-state index contributed by atoms with van der Waals surface area (Å²) in [6.07, 6.45) is 1.98. The van der Waals surface area contributed by atoms with Crippen molar-refractivity contribution in [3.8, 4) is 5.75 Å². The first-order valence-electron chi connectivity index (χ1n) is 10.0. The molecule has 2 aromatic rings. The highest BCUT2D eigenvalue weighted by molar-refractivity contribution is 7.98. The van der Waals surface area contributed by atoms with E-state index in [2.05, 4.69) is 10.6 Å². The molecule has 2 heterocycles. The van der Waals surface area contributed by atoms with Gasteiger partial charge in [-0.2, -0.15) is 0 Å². The molecular weight excluding hydrogens is 430 g/mol. The quantitative estimate of drug-likeness (QED) is 0.494. The first-order valence-corrected chi connectivity index (χ1v) is 11.2. The fraction of sp³-hybridized carbons (Fsp3) is 0.261. The average molecular weight is 454 g/mol. The Morgan fingerprint density at radius 1 is 1.25 bits per heavy atom. The van der Waals surface area contributed by atoms with Crippen molar-refractivity contribution in [1.82, 2.24) is 15.5 Å². The van der Waals surface area contributed by atoms with E-state index in [0.29, 0.717) is 17.0 Å². The Morgan fingerprint density at radius 3 is 2.75 bits per heavy atom. The van der Waals surface area contributed by atoms with E-state index < -0.39 is 18.0 Å². The Balaban J connectivity index is 1.49. The second-order valence-corrected chi connectivity index (χ2v) is 8.19. The second kappa shape index (κ2) is 9.35. The number of methoxy groups -OCH3 is 1. The summed E-state index contributed by atoms with van der Waals surface area (Å²) < 4.78 is 10.4. The van der Waals surface area contributed by atoms with Gasteiger partial charge in [0.1, 0.15) is 18.9 Å². The number of hydrogen-bond acceptors (Lipinski definition) is 6. The van der Waals surface area contributed by atoms with Crippen LogP contribution >= 0.6 is 11.8 Å². The number of urea groups is 1. The Kier molecular flexibility index (Phi) is 6.36. The molecule has 0 aromatic heterocycles. The Labute approximate surface area is 189 Å². The number of nitrogens with zero attached hydrogens (tertiary/aromatic N) is 1. The minimum Gasteiger partial charge on any atom is -0.497 e. The summed E-state index contributed by atoms with van der Waals surface area (Å²) in [5, 5.41) is 5.64. The van der Waals surface area contributed by atoms with Gasteiger partial charge in [-0.15, -0.1) is 11.8 Å². The van der Waals surface area contributed by atoms with Crippen LogP contribution in [0.1, 0.15) is 17.2 Å². The molecule has 2 N–H and O–H groups in total. The third-order valence-corrected chi connectivity index (χ3v) is 6.12. The molecule has 166 valence electrons. The van der Waals surface area contributed by atoms with Gasteiger partial charge in [0, 0.05) is 11.4 Å². The zero-order chi connectivity index (χ0) is 22.7. The number of nitrogens with one attached hydrogen (secondary N) is 2. The van der Waals surface area contributed by atoms with Gasteiger partial charge in [0.25, 0.3) is 0 Å². The number of amides is 3. The molecule has 2 aromatic carbocycles. The minimum absolute atomic E-state index is 0.0376. The molecule has 8 nitrogen and oxygen atoms in total. The number of cyclic esters (lactones) is 1. The normalized spacial score (nSPS) is 17.6. The van der Waals surface area contributed by atoms with Crippen LogP contribution in [0.25, 0.3) is 0 Å². The Hall–Kier alpha value is -3.46. The molecule has 0 spiro atoms. The van der Waals surface area contributed by atoms with Crippen molar-refractivity contribution in [3.05, 3.63) is 70.9 Å². The number of rotatable bonds is 7. The van der Waals surface area contributed by atoms with E-state index >= 15 is 0 Å². The van der Waals surface area contributed by atoms with Gasteiger partial charge in [-0.05, 0) is 41.6 Å². The van der Waals surface area contributed by atoms with Crippen LogP contribution < -0.4 is 15.4 Å². The van der Waals surface area contributed by atoms with Crippen LogP contribution in [0.2, 0.25) is 0 Å². The van der Waals surface area contributed by atoms with Crippen molar-refractivity contribution in [1.29, 1.82) is 0 Å². The van der Waals surface area contributed by atoms with Crippen LogP contribution in [0.5, 0.6) is 5.75 Å². The highest BCUT2D eigenvalue weighted by Crippen LogP contribution is 2.35. The highest BCUT2D eigenvalue weighted by Gasteiger charge is 2.42. The topological polar surface area (TPSA) is 97.0 Å². The highest BCUT2D eigenvalue weighted by atomic mass is 32.2. The summed E-state index contributed by atoms with van der Waals surface area (Å²) >= 11 is 1.61. The average Bonchev–Trinajstić information content (AvgIpc) is 3.21. The molecule has 0 fully saturated rings. The van der Waals surface area contributed by atoms with Gasteiger partial charge in [-0.1, -0.05) is 24.3 Å². The molecule has 2 aliphatic rings. The summed E-state index contributed by atoms with van der Waals surface area (Å²) in [6, 6.07) is 13.9. The molecule has 0 radical (unpaired) electrons. The molecule has 0 aliphatic carbocycles. The van der Waals surface area contributed by atoms with Crippen molar-refractivity contribution < 1.29 is 23.9 Å². The zero-order valence-electron chi connectivity index (χ0n) is 17.7. The van der Waals surface area contributed by atoms with Crippen LogP contribution in [0, 0.1) is 0 Å². The summed E-state index contributed by atoms with van der Waals surface area (Å²) in [5.41, 5.74) is 2.44. The molecule has 0 bridgehead atoms. The first kappa shape index (κ1) is 21.8. The van der Waals surface area contributed by atoms with E-state index in [1.807, 2.05) is 54.8 Å². The van der Waals surface area contributed by atoms with Crippen LogP contribution in [-0.4, -0.2) is 49.3 Å². The summed E-state index contributed by atoms with van der Waals surface area (Å²) in [4.78, 5) is 40.2. The largest absolute Gasteiger partial charge is 0.497 e. The maximum Gasteiger partial charge on any atom is 0.338 e. The van der Waals surface area contributed by atoms with Gasteiger partial charge >= 0.3 is 12.0 Å². The summed E-state index contributed by atoms with van der Waals surface area (Å²) in [5.74, 6) is -0.141. The zero-order valence-corrected chi connectivity index (χ0v) is 18.5. The maximum atomic E-state index is 12.9. The van der Waals surface area contributed by atoms with Gasteiger partial charge in [0.15, 0.2) is 0 Å². The molecule has 1 atom stereocenters. The number of carbonyl (C=O) groups is 3. The molecule has 4 rings (SSSR count). The van der Waals surface area contributed by atoms with E-state index in [1.54, 1.807) is 18.9 Å². The SMILES string of the molecule is COc1cccc(CNC(=O)CN2C(=O)N[C@H](c3ccc(SC)cc3)C3=C2COC3=O)c1. The van der Waals surface area contributed by atoms with Gasteiger partial charge in [-0.25, -0.2) is 9.59 Å². The fourth-order valence-corrected chi connectivity index (χ4v) is 4.12. The lowest BCUT2D eigenvalue weighted by Gasteiger charge is -2.32. The van der Waals surface area contributed by atoms with Gasteiger partial charge in [0.2, 0.25) is 5.91 Å². The molecular formula is C23H23N3O5S. The van der Waals surface area contributed by atoms with E-state index in [0.717, 1.165) is 16.0 Å². The number of esters is 1. The lowest BCUT2D eigenvalue weighted by atomic mass is 9.96. The van der Waals surface area contributed by atoms with E-state index in [1.165, 1.54) is 4.90 Å². The van der Waals surface area contributed by atoms with E-state index in [4.69, 9.17) is 9.47 Å². The van der Waals surface area contributed by atoms with Crippen LogP contribution in [0.3, 0.4) is 0 Å². The molecule has 3 amide bonds. The number of thioether (sulfide) groups is 1. The smallest absolute Gasteiger partial charge is 0.338 e. The summed E-state index contributed by atoms with van der Waals surface area (Å²) in [6.45, 7) is 0.0325. The number of ether oxygens (including phenoxy) is 2. The van der Waals surface area contributed by atoms with Crippen molar-refractivity contribution in [2.75, 3.05) is 26.5 Å². The number of hydrogen-bond donors (Lipinski definition) is 2.